The maximum absolute atomic E-state index is 13.9. The Labute approximate surface area is 120 Å². The van der Waals surface area contributed by atoms with Crippen molar-refractivity contribution >= 4 is 28.3 Å². The molecule has 100 valence electrons. The summed E-state index contributed by atoms with van der Waals surface area (Å²) in [6.45, 7) is 1.97. The molecule has 0 saturated carbocycles. The number of aromatic amines is 1. The van der Waals surface area contributed by atoms with Gasteiger partial charge in [-0.05, 0) is 30.7 Å². The second-order valence-corrected chi connectivity index (χ2v) is 5.09. The van der Waals surface area contributed by atoms with Crippen molar-refractivity contribution in [3.05, 3.63) is 70.1 Å². The van der Waals surface area contributed by atoms with E-state index < -0.39 is 5.82 Å². The largest absolute Gasteiger partial charge is 0.360 e. The first kappa shape index (κ1) is 12.9. The topological polar surface area (TPSA) is 32.9 Å². The van der Waals surface area contributed by atoms with Crippen LogP contribution >= 0.6 is 11.6 Å². The van der Waals surface area contributed by atoms with Gasteiger partial charge in [-0.1, -0.05) is 29.8 Å². The zero-order valence-electron chi connectivity index (χ0n) is 10.7. The molecule has 2 aromatic carbocycles. The number of H-pyrrole nitrogens is 1. The molecule has 0 spiro atoms. The Morgan fingerprint density at radius 2 is 2.00 bits per heavy atom. The fourth-order valence-corrected chi connectivity index (χ4v) is 2.43. The Morgan fingerprint density at radius 1 is 1.20 bits per heavy atom. The van der Waals surface area contributed by atoms with E-state index in [2.05, 4.69) is 4.98 Å². The predicted octanol–water partition coefficient (Wildman–Crippen LogP) is 4.50. The van der Waals surface area contributed by atoms with E-state index in [1.54, 1.807) is 12.3 Å². The van der Waals surface area contributed by atoms with Gasteiger partial charge in [0.15, 0.2) is 11.6 Å². The van der Waals surface area contributed by atoms with Crippen LogP contribution in [0.5, 0.6) is 0 Å². The van der Waals surface area contributed by atoms with Gasteiger partial charge in [0.1, 0.15) is 0 Å². The molecular weight excluding hydrogens is 277 g/mol. The van der Waals surface area contributed by atoms with Crippen molar-refractivity contribution in [1.29, 1.82) is 0 Å². The van der Waals surface area contributed by atoms with Gasteiger partial charge < -0.3 is 4.98 Å². The van der Waals surface area contributed by atoms with E-state index in [4.69, 9.17) is 11.6 Å². The van der Waals surface area contributed by atoms with E-state index in [-0.39, 0.29) is 16.4 Å². The molecule has 1 heterocycles. The molecular formula is C16H11ClFNO. The number of fused-ring (bicyclic) bond motifs is 1. The number of ketones is 1. The number of aryl methyl sites for hydroxylation is 1. The lowest BCUT2D eigenvalue weighted by atomic mass is 10.0. The molecule has 3 aromatic rings. The third-order valence-electron chi connectivity index (χ3n) is 3.28. The Hall–Kier alpha value is -2.13. The Kier molecular flexibility index (Phi) is 3.07. The van der Waals surface area contributed by atoms with Gasteiger partial charge in [-0.3, -0.25) is 4.79 Å². The van der Waals surface area contributed by atoms with Gasteiger partial charge in [0.25, 0.3) is 0 Å². The zero-order valence-corrected chi connectivity index (χ0v) is 11.5. The summed E-state index contributed by atoms with van der Waals surface area (Å²) >= 11 is 5.72. The van der Waals surface area contributed by atoms with Gasteiger partial charge in [0, 0.05) is 22.7 Å². The normalized spacial score (nSPS) is 10.9. The summed E-state index contributed by atoms with van der Waals surface area (Å²) in [6.07, 6.45) is 1.60. The van der Waals surface area contributed by atoms with Crippen molar-refractivity contribution in [3.63, 3.8) is 0 Å². The van der Waals surface area contributed by atoms with Crippen LogP contribution in [0, 0.1) is 12.7 Å². The van der Waals surface area contributed by atoms with Crippen molar-refractivity contribution in [1.82, 2.24) is 4.98 Å². The first-order valence-electron chi connectivity index (χ1n) is 6.14. The highest BCUT2D eigenvalue weighted by Crippen LogP contribution is 2.25. The number of benzene rings is 2. The monoisotopic (exact) mass is 287 g/mol. The molecule has 0 bridgehead atoms. The molecule has 0 aliphatic heterocycles. The van der Waals surface area contributed by atoms with Crippen LogP contribution in [0.4, 0.5) is 4.39 Å². The molecule has 4 heteroatoms. The van der Waals surface area contributed by atoms with Crippen molar-refractivity contribution < 1.29 is 9.18 Å². The summed E-state index contributed by atoms with van der Waals surface area (Å²) in [5.74, 6) is -1.05. The highest BCUT2D eigenvalue weighted by Gasteiger charge is 2.19. The van der Waals surface area contributed by atoms with Crippen LogP contribution in [0.2, 0.25) is 5.02 Å². The number of halogens is 2. The summed E-state index contributed by atoms with van der Waals surface area (Å²) in [5.41, 5.74) is 2.38. The molecule has 0 aliphatic carbocycles. The maximum atomic E-state index is 13.9. The SMILES string of the molecule is Cc1ccc2c(C(=O)c3cccc(Cl)c3F)c[nH]c2c1. The Morgan fingerprint density at radius 3 is 2.80 bits per heavy atom. The Bertz CT molecular complexity index is 822. The summed E-state index contributed by atoms with van der Waals surface area (Å²) in [4.78, 5) is 15.5. The van der Waals surface area contributed by atoms with Crippen LogP contribution in [-0.2, 0) is 0 Å². The number of carbonyl (C=O) groups is 1. The summed E-state index contributed by atoms with van der Waals surface area (Å²) in [7, 11) is 0. The second-order valence-electron chi connectivity index (χ2n) is 4.68. The lowest BCUT2D eigenvalue weighted by Crippen LogP contribution is -2.03. The van der Waals surface area contributed by atoms with E-state index in [1.807, 2.05) is 25.1 Å². The molecule has 1 N–H and O–H groups in total. The third-order valence-corrected chi connectivity index (χ3v) is 3.57. The molecule has 3 rings (SSSR count). The zero-order chi connectivity index (χ0) is 14.3. The smallest absolute Gasteiger partial charge is 0.198 e. The van der Waals surface area contributed by atoms with Gasteiger partial charge in [0.2, 0.25) is 0 Å². The number of aromatic nitrogens is 1. The van der Waals surface area contributed by atoms with E-state index in [1.165, 1.54) is 12.1 Å². The van der Waals surface area contributed by atoms with Crippen LogP contribution in [0.15, 0.2) is 42.6 Å². The second kappa shape index (κ2) is 4.76. The van der Waals surface area contributed by atoms with Crippen LogP contribution in [0.3, 0.4) is 0 Å². The molecule has 2 nitrogen and oxygen atoms in total. The van der Waals surface area contributed by atoms with E-state index in [0.29, 0.717) is 5.56 Å². The standard InChI is InChI=1S/C16H11ClFNO/c1-9-5-6-10-12(8-19-14(10)7-9)16(20)11-3-2-4-13(17)15(11)18/h2-8,19H,1H3. The number of hydrogen-bond donors (Lipinski definition) is 1. The Balaban J connectivity index is 2.16. The van der Waals surface area contributed by atoms with Gasteiger partial charge in [-0.15, -0.1) is 0 Å². The molecule has 0 fully saturated rings. The third kappa shape index (κ3) is 2.00. The number of carbonyl (C=O) groups excluding carboxylic acids is 1. The first-order chi connectivity index (χ1) is 9.58. The molecule has 0 unspecified atom stereocenters. The van der Waals surface area contributed by atoms with E-state index in [9.17, 15) is 9.18 Å². The summed E-state index contributed by atoms with van der Waals surface area (Å²) < 4.78 is 13.9. The number of hydrogen-bond acceptors (Lipinski definition) is 1. The lowest BCUT2D eigenvalue weighted by molar-refractivity contribution is 0.103. The summed E-state index contributed by atoms with van der Waals surface area (Å²) in [6, 6.07) is 10.2. The van der Waals surface area contributed by atoms with Gasteiger partial charge >= 0.3 is 0 Å². The van der Waals surface area contributed by atoms with Crippen molar-refractivity contribution in [2.75, 3.05) is 0 Å². The van der Waals surface area contributed by atoms with Gasteiger partial charge in [-0.2, -0.15) is 0 Å². The fraction of sp³-hybridized carbons (Fsp3) is 0.0625. The number of rotatable bonds is 2. The minimum atomic E-state index is -0.680. The van der Waals surface area contributed by atoms with Crippen LogP contribution < -0.4 is 0 Å². The molecule has 20 heavy (non-hydrogen) atoms. The highest BCUT2D eigenvalue weighted by molar-refractivity contribution is 6.31. The van der Waals surface area contributed by atoms with Crippen LogP contribution in [0.1, 0.15) is 21.5 Å². The van der Waals surface area contributed by atoms with Crippen molar-refractivity contribution in [3.8, 4) is 0 Å². The van der Waals surface area contributed by atoms with E-state index in [0.717, 1.165) is 16.5 Å². The lowest BCUT2D eigenvalue weighted by Gasteiger charge is -2.03. The van der Waals surface area contributed by atoms with Crippen molar-refractivity contribution in [2.24, 2.45) is 0 Å². The fourth-order valence-electron chi connectivity index (χ4n) is 2.25. The molecule has 0 radical (unpaired) electrons. The minimum Gasteiger partial charge on any atom is -0.360 e. The molecule has 0 aliphatic rings. The predicted molar refractivity (Wildman–Crippen MR) is 77.9 cm³/mol. The molecule has 1 aromatic heterocycles. The van der Waals surface area contributed by atoms with Crippen molar-refractivity contribution in [2.45, 2.75) is 6.92 Å². The van der Waals surface area contributed by atoms with Crippen LogP contribution in [0.25, 0.3) is 10.9 Å². The summed E-state index contributed by atoms with van der Waals surface area (Å²) in [5, 5.41) is 0.728. The average Bonchev–Trinajstić information content (AvgIpc) is 2.84. The maximum Gasteiger partial charge on any atom is 0.198 e. The first-order valence-corrected chi connectivity index (χ1v) is 6.52. The van der Waals surface area contributed by atoms with Gasteiger partial charge in [0.05, 0.1) is 10.6 Å². The minimum absolute atomic E-state index is 0.0148. The quantitative estimate of drug-likeness (QED) is 0.692. The average molecular weight is 288 g/mol. The molecule has 0 atom stereocenters. The highest BCUT2D eigenvalue weighted by atomic mass is 35.5. The van der Waals surface area contributed by atoms with Gasteiger partial charge in [-0.25, -0.2) is 4.39 Å². The molecule has 0 amide bonds. The van der Waals surface area contributed by atoms with Crippen LogP contribution in [-0.4, -0.2) is 10.8 Å². The van der Waals surface area contributed by atoms with E-state index >= 15 is 0 Å². The molecule has 0 saturated heterocycles. The number of nitrogens with one attached hydrogen (secondary N) is 1.